The van der Waals surface area contributed by atoms with Crippen molar-refractivity contribution in [3.05, 3.63) is 11.6 Å². The lowest BCUT2D eigenvalue weighted by atomic mass is 9.81. The van der Waals surface area contributed by atoms with E-state index in [1.807, 2.05) is 0 Å². The second kappa shape index (κ2) is 7.20. The van der Waals surface area contributed by atoms with Gasteiger partial charge in [0.15, 0.2) is 8.32 Å². The molecule has 0 aromatic carbocycles. The molecular weight excluding hydrogens is 304 g/mol. The average molecular weight is 339 g/mol. The molecule has 0 N–H and O–H groups in total. The topological polar surface area (TPSA) is 35.5 Å². The minimum Gasteiger partial charge on any atom is -0.392 e. The zero-order chi connectivity index (χ0) is 17.3. The van der Waals surface area contributed by atoms with Crippen molar-refractivity contribution in [3.63, 3.8) is 0 Å². The largest absolute Gasteiger partial charge is 0.392 e. The van der Waals surface area contributed by atoms with Gasteiger partial charge in [-0.05, 0) is 50.2 Å². The second-order valence-electron chi connectivity index (χ2n) is 8.84. The van der Waals surface area contributed by atoms with Gasteiger partial charge in [-0.3, -0.25) is 4.79 Å². The molecule has 4 heteroatoms. The Morgan fingerprint density at radius 3 is 2.61 bits per heavy atom. The third-order valence-electron chi connectivity index (χ3n) is 5.96. The fourth-order valence-electron chi connectivity index (χ4n) is 3.25. The van der Waals surface area contributed by atoms with Crippen LogP contribution in [0.15, 0.2) is 11.6 Å². The van der Waals surface area contributed by atoms with E-state index >= 15 is 0 Å². The van der Waals surface area contributed by atoms with E-state index in [1.165, 1.54) is 5.57 Å². The highest BCUT2D eigenvalue weighted by atomic mass is 28.4. The van der Waals surface area contributed by atoms with Gasteiger partial charge in [-0.2, -0.15) is 0 Å². The molecular formula is C19H34O3Si. The Labute approximate surface area is 142 Å². The van der Waals surface area contributed by atoms with E-state index in [-0.39, 0.29) is 17.2 Å². The summed E-state index contributed by atoms with van der Waals surface area (Å²) in [5.41, 5.74) is 1.42. The Kier molecular flexibility index (Phi) is 5.91. The number of hydrogen-bond acceptors (Lipinski definition) is 3. The highest BCUT2D eigenvalue weighted by Gasteiger charge is 2.42. The molecule has 1 fully saturated rings. The van der Waals surface area contributed by atoms with Crippen molar-refractivity contribution in [2.24, 2.45) is 11.8 Å². The highest BCUT2D eigenvalue weighted by molar-refractivity contribution is 6.74. The standard InChI is InChI=1S/C19H34O3Si/c1-14-8-7-9-17(20)16-13-21-18(12-15(16)11-10-14)22-23(5,6)19(2,3)4/h8,15-16,18H,7,9-13H2,1-6H3/b14-8+/t15-,16-,18+/m1/s1. The van der Waals surface area contributed by atoms with E-state index in [1.54, 1.807) is 0 Å². The summed E-state index contributed by atoms with van der Waals surface area (Å²) < 4.78 is 12.4. The molecule has 0 bridgehead atoms. The molecule has 0 aromatic rings. The SMILES string of the molecule is C/C1=C\CCC(=O)[C@@H]2CO[C@@H](O[Si](C)(C)C(C)(C)C)C[C@H]2CC1. The smallest absolute Gasteiger partial charge is 0.195 e. The van der Waals surface area contributed by atoms with Gasteiger partial charge in [-0.15, -0.1) is 0 Å². The Balaban J connectivity index is 2.05. The summed E-state index contributed by atoms with van der Waals surface area (Å²) >= 11 is 0. The maximum absolute atomic E-state index is 12.5. The first-order chi connectivity index (χ1) is 10.6. The maximum Gasteiger partial charge on any atom is 0.195 e. The molecule has 2 aliphatic rings. The minimum atomic E-state index is -1.83. The molecule has 0 aromatic heterocycles. The first-order valence-electron chi connectivity index (χ1n) is 9.08. The average Bonchev–Trinajstić information content (AvgIpc) is 2.48. The molecule has 0 spiro atoms. The number of fused-ring (bicyclic) bond motifs is 1. The molecule has 0 unspecified atom stereocenters. The normalized spacial score (nSPS) is 33.0. The van der Waals surface area contributed by atoms with E-state index in [0.717, 1.165) is 25.7 Å². The van der Waals surface area contributed by atoms with E-state index in [9.17, 15) is 4.79 Å². The third-order valence-corrected chi connectivity index (χ3v) is 10.4. The van der Waals surface area contributed by atoms with Crippen LogP contribution in [0.25, 0.3) is 0 Å². The molecule has 3 nitrogen and oxygen atoms in total. The molecule has 0 saturated carbocycles. The fourth-order valence-corrected chi connectivity index (χ4v) is 4.43. The van der Waals surface area contributed by atoms with Gasteiger partial charge in [0.25, 0.3) is 0 Å². The number of rotatable bonds is 2. The molecule has 1 saturated heterocycles. The molecule has 23 heavy (non-hydrogen) atoms. The van der Waals surface area contributed by atoms with Crippen LogP contribution in [0.1, 0.15) is 59.8 Å². The van der Waals surface area contributed by atoms with Crippen LogP contribution < -0.4 is 0 Å². The van der Waals surface area contributed by atoms with Crippen LogP contribution in [-0.4, -0.2) is 27.0 Å². The number of carbonyl (C=O) groups excluding carboxylic acids is 1. The van der Waals surface area contributed by atoms with Gasteiger partial charge in [0, 0.05) is 18.8 Å². The lowest BCUT2D eigenvalue weighted by Crippen LogP contribution is -2.48. The zero-order valence-electron chi connectivity index (χ0n) is 15.8. The van der Waals surface area contributed by atoms with Gasteiger partial charge in [0.2, 0.25) is 0 Å². The van der Waals surface area contributed by atoms with Crippen LogP contribution in [0.2, 0.25) is 18.1 Å². The molecule has 132 valence electrons. The number of allylic oxidation sites excluding steroid dienone is 2. The minimum absolute atomic E-state index is 0.0774. The Morgan fingerprint density at radius 2 is 1.96 bits per heavy atom. The van der Waals surface area contributed by atoms with Gasteiger partial charge >= 0.3 is 0 Å². The van der Waals surface area contributed by atoms with Gasteiger partial charge in [0.1, 0.15) is 12.1 Å². The van der Waals surface area contributed by atoms with E-state index < -0.39 is 8.32 Å². The molecule has 1 aliphatic carbocycles. The first kappa shape index (κ1) is 18.9. The van der Waals surface area contributed by atoms with Crippen molar-refractivity contribution in [1.29, 1.82) is 0 Å². The molecule has 2 rings (SSSR count). The first-order valence-corrected chi connectivity index (χ1v) is 12.0. The lowest BCUT2D eigenvalue weighted by Gasteiger charge is -2.43. The van der Waals surface area contributed by atoms with Crippen LogP contribution in [0.4, 0.5) is 0 Å². The molecule has 1 heterocycles. The molecule has 1 aliphatic heterocycles. The number of ketones is 1. The monoisotopic (exact) mass is 338 g/mol. The van der Waals surface area contributed by atoms with Gasteiger partial charge in [-0.25, -0.2) is 0 Å². The summed E-state index contributed by atoms with van der Waals surface area (Å²) in [6.07, 6.45) is 6.71. The van der Waals surface area contributed by atoms with Crippen LogP contribution >= 0.6 is 0 Å². The summed E-state index contributed by atoms with van der Waals surface area (Å²) in [6, 6.07) is 0. The Morgan fingerprint density at radius 1 is 1.26 bits per heavy atom. The van der Waals surface area contributed by atoms with Crippen LogP contribution in [0.3, 0.4) is 0 Å². The second-order valence-corrected chi connectivity index (χ2v) is 13.6. The quantitative estimate of drug-likeness (QED) is 0.520. The van der Waals surface area contributed by atoms with Gasteiger partial charge in [-0.1, -0.05) is 32.4 Å². The number of Topliss-reactive ketones (excluding diaryl/α,β-unsaturated/α-hetero) is 1. The number of hydrogen-bond donors (Lipinski definition) is 0. The van der Waals surface area contributed by atoms with E-state index in [0.29, 0.717) is 24.7 Å². The van der Waals surface area contributed by atoms with Crippen molar-refractivity contribution < 1.29 is 14.0 Å². The molecule has 3 atom stereocenters. The predicted molar refractivity (Wildman–Crippen MR) is 96.9 cm³/mol. The van der Waals surface area contributed by atoms with E-state index in [4.69, 9.17) is 9.16 Å². The van der Waals surface area contributed by atoms with Crippen molar-refractivity contribution in [2.75, 3.05) is 6.61 Å². The summed E-state index contributed by atoms with van der Waals surface area (Å²) in [7, 11) is -1.83. The van der Waals surface area contributed by atoms with Crippen molar-refractivity contribution in [2.45, 2.75) is 84.2 Å². The maximum atomic E-state index is 12.5. The lowest BCUT2D eigenvalue weighted by molar-refractivity contribution is -0.161. The van der Waals surface area contributed by atoms with Gasteiger partial charge in [0.05, 0.1) is 6.61 Å². The van der Waals surface area contributed by atoms with Crippen molar-refractivity contribution in [1.82, 2.24) is 0 Å². The van der Waals surface area contributed by atoms with Crippen molar-refractivity contribution in [3.8, 4) is 0 Å². The third kappa shape index (κ3) is 4.77. The summed E-state index contributed by atoms with van der Waals surface area (Å²) in [4.78, 5) is 12.5. The van der Waals surface area contributed by atoms with Crippen molar-refractivity contribution >= 4 is 14.1 Å². The summed E-state index contributed by atoms with van der Waals surface area (Å²) in [6.45, 7) is 14.0. The number of ether oxygens (including phenoxy) is 1. The zero-order valence-corrected chi connectivity index (χ0v) is 16.8. The number of carbonyl (C=O) groups is 1. The van der Waals surface area contributed by atoms with Crippen LogP contribution in [0.5, 0.6) is 0 Å². The molecule has 0 radical (unpaired) electrons. The molecule has 0 amide bonds. The Hall–Kier alpha value is -0.453. The van der Waals surface area contributed by atoms with Gasteiger partial charge < -0.3 is 9.16 Å². The summed E-state index contributed by atoms with van der Waals surface area (Å²) in [5, 5.41) is 0.181. The van der Waals surface area contributed by atoms with Crippen LogP contribution in [0, 0.1) is 11.8 Å². The van der Waals surface area contributed by atoms with Crippen LogP contribution in [-0.2, 0) is 14.0 Å². The predicted octanol–water partition coefficient (Wildman–Crippen LogP) is 5.08. The van der Waals surface area contributed by atoms with E-state index in [2.05, 4.69) is 46.9 Å². The summed E-state index contributed by atoms with van der Waals surface area (Å²) in [5.74, 6) is 0.868. The Bertz CT molecular complexity index is 462. The highest BCUT2D eigenvalue weighted by Crippen LogP contribution is 2.40. The fraction of sp³-hybridized carbons (Fsp3) is 0.842.